The van der Waals surface area contributed by atoms with Crippen molar-refractivity contribution in [1.82, 2.24) is 4.98 Å². The molecule has 28 heavy (non-hydrogen) atoms. The van der Waals surface area contributed by atoms with Crippen LogP contribution in [-0.2, 0) is 0 Å². The summed E-state index contributed by atoms with van der Waals surface area (Å²) in [6, 6.07) is 16.7. The summed E-state index contributed by atoms with van der Waals surface area (Å²) in [7, 11) is 0. The van der Waals surface area contributed by atoms with Crippen LogP contribution in [0.5, 0.6) is 0 Å². The van der Waals surface area contributed by atoms with Crippen molar-refractivity contribution in [3.05, 3.63) is 79.9 Å². The lowest BCUT2D eigenvalue weighted by Gasteiger charge is -2.08. The Morgan fingerprint density at radius 3 is 2.57 bits per heavy atom. The van der Waals surface area contributed by atoms with Crippen LogP contribution in [-0.4, -0.2) is 10.9 Å². The summed E-state index contributed by atoms with van der Waals surface area (Å²) < 4.78 is 7.04. The number of nitrogens with zero attached hydrogens (tertiary/aromatic N) is 1. The second kappa shape index (κ2) is 7.56. The van der Waals surface area contributed by atoms with Gasteiger partial charge in [0.25, 0.3) is 5.91 Å². The quantitative estimate of drug-likeness (QED) is 0.320. The smallest absolute Gasteiger partial charge is 0.255 e. The average Bonchev–Trinajstić information content (AvgIpc) is 3.08. The molecule has 0 atom stereocenters. The Balaban J connectivity index is 1.68. The maximum absolute atomic E-state index is 12.5. The predicted octanol–water partition coefficient (Wildman–Crippen LogP) is 6.62. The lowest BCUT2D eigenvalue weighted by atomic mass is 10.1. The number of rotatable bonds is 3. The molecule has 0 radical (unpaired) electrons. The zero-order valence-electron chi connectivity index (χ0n) is 15.2. The van der Waals surface area contributed by atoms with Crippen molar-refractivity contribution in [3.63, 3.8) is 0 Å². The van der Waals surface area contributed by atoms with Crippen LogP contribution >= 0.6 is 34.2 Å². The first-order chi connectivity index (χ1) is 13.4. The first-order valence-corrected chi connectivity index (χ1v) is 10.1. The third-order valence-corrected chi connectivity index (χ3v) is 5.43. The van der Waals surface area contributed by atoms with Crippen molar-refractivity contribution < 1.29 is 9.21 Å². The largest absolute Gasteiger partial charge is 0.436 e. The molecular weight excluding hydrogens is 487 g/mol. The molecule has 0 fully saturated rings. The number of aryl methyl sites for hydroxylation is 2. The summed E-state index contributed by atoms with van der Waals surface area (Å²) in [4.78, 5) is 17.1. The molecule has 0 spiro atoms. The summed E-state index contributed by atoms with van der Waals surface area (Å²) in [6.07, 6.45) is 0. The van der Waals surface area contributed by atoms with E-state index in [0.29, 0.717) is 27.7 Å². The highest BCUT2D eigenvalue weighted by molar-refractivity contribution is 14.1. The Morgan fingerprint density at radius 2 is 1.82 bits per heavy atom. The number of amides is 1. The van der Waals surface area contributed by atoms with Gasteiger partial charge >= 0.3 is 0 Å². The van der Waals surface area contributed by atoms with Crippen molar-refractivity contribution in [2.24, 2.45) is 0 Å². The molecule has 6 heteroatoms. The topological polar surface area (TPSA) is 55.1 Å². The maximum atomic E-state index is 12.5. The number of halogens is 2. The SMILES string of the molecule is Cc1cc(C)c2oc(-c3cc(NC(=O)c4ccc(I)cc4)ccc3Cl)nc2c1. The van der Waals surface area contributed by atoms with E-state index in [1.807, 2.05) is 32.0 Å². The van der Waals surface area contributed by atoms with E-state index in [0.717, 1.165) is 25.8 Å². The van der Waals surface area contributed by atoms with Gasteiger partial charge in [-0.2, -0.15) is 0 Å². The first kappa shape index (κ1) is 19.0. The van der Waals surface area contributed by atoms with Gasteiger partial charge < -0.3 is 9.73 Å². The fourth-order valence-electron chi connectivity index (χ4n) is 3.06. The van der Waals surface area contributed by atoms with Crippen LogP contribution in [0.25, 0.3) is 22.6 Å². The van der Waals surface area contributed by atoms with E-state index in [-0.39, 0.29) is 5.91 Å². The Morgan fingerprint density at radius 1 is 1.07 bits per heavy atom. The third kappa shape index (κ3) is 3.77. The summed E-state index contributed by atoms with van der Waals surface area (Å²) >= 11 is 8.59. The van der Waals surface area contributed by atoms with E-state index in [1.54, 1.807) is 30.3 Å². The lowest BCUT2D eigenvalue weighted by molar-refractivity contribution is 0.102. The van der Waals surface area contributed by atoms with Crippen LogP contribution in [0.3, 0.4) is 0 Å². The van der Waals surface area contributed by atoms with Crippen LogP contribution in [0, 0.1) is 17.4 Å². The van der Waals surface area contributed by atoms with Crippen LogP contribution in [0.2, 0.25) is 5.02 Å². The van der Waals surface area contributed by atoms with Gasteiger partial charge in [0.15, 0.2) is 5.58 Å². The molecule has 0 aliphatic heterocycles. The highest BCUT2D eigenvalue weighted by atomic mass is 127. The molecule has 0 unspecified atom stereocenters. The minimum absolute atomic E-state index is 0.186. The second-order valence-corrected chi connectivity index (χ2v) is 8.26. The molecule has 1 amide bonds. The van der Waals surface area contributed by atoms with E-state index in [9.17, 15) is 4.79 Å². The summed E-state index contributed by atoms with van der Waals surface area (Å²) in [5.74, 6) is 0.243. The van der Waals surface area contributed by atoms with E-state index >= 15 is 0 Å². The average molecular weight is 503 g/mol. The van der Waals surface area contributed by atoms with Crippen LogP contribution in [0.15, 0.2) is 59.0 Å². The van der Waals surface area contributed by atoms with Gasteiger partial charge in [-0.1, -0.05) is 17.7 Å². The number of aromatic nitrogens is 1. The van der Waals surface area contributed by atoms with Crippen molar-refractivity contribution in [2.75, 3.05) is 5.32 Å². The molecule has 0 saturated carbocycles. The molecule has 3 aromatic carbocycles. The standard InChI is InChI=1S/C22H16ClIN2O2/c1-12-9-13(2)20-19(10-12)26-22(28-20)17-11-16(7-8-18(17)23)25-21(27)14-3-5-15(24)6-4-14/h3-11H,1-2H3,(H,25,27). The molecule has 1 aromatic heterocycles. The fraction of sp³-hybridized carbons (Fsp3) is 0.0909. The summed E-state index contributed by atoms with van der Waals surface area (Å²) in [6.45, 7) is 4.01. The Kier molecular flexibility index (Phi) is 5.12. The predicted molar refractivity (Wildman–Crippen MR) is 121 cm³/mol. The van der Waals surface area contributed by atoms with Crippen LogP contribution in [0.1, 0.15) is 21.5 Å². The van der Waals surface area contributed by atoms with Gasteiger partial charge in [-0.3, -0.25) is 4.79 Å². The molecule has 0 aliphatic carbocycles. The highest BCUT2D eigenvalue weighted by Gasteiger charge is 2.15. The second-order valence-electron chi connectivity index (χ2n) is 6.60. The molecule has 1 heterocycles. The molecule has 0 aliphatic rings. The molecule has 4 nitrogen and oxygen atoms in total. The molecule has 4 rings (SSSR count). The Labute approximate surface area is 181 Å². The van der Waals surface area contributed by atoms with Gasteiger partial charge in [-0.15, -0.1) is 0 Å². The molecule has 0 bridgehead atoms. The van der Waals surface area contributed by atoms with Crippen LogP contribution < -0.4 is 5.32 Å². The van der Waals surface area contributed by atoms with Crippen molar-refractivity contribution in [2.45, 2.75) is 13.8 Å². The summed E-state index contributed by atoms with van der Waals surface area (Å²) in [5, 5.41) is 3.41. The zero-order valence-corrected chi connectivity index (χ0v) is 18.1. The maximum Gasteiger partial charge on any atom is 0.255 e. The molecular formula is C22H16ClIN2O2. The number of nitrogens with one attached hydrogen (secondary N) is 1. The lowest BCUT2D eigenvalue weighted by Crippen LogP contribution is -2.11. The van der Waals surface area contributed by atoms with E-state index < -0.39 is 0 Å². The van der Waals surface area contributed by atoms with Crippen molar-refractivity contribution in [3.8, 4) is 11.5 Å². The fourth-order valence-corrected chi connectivity index (χ4v) is 3.62. The van der Waals surface area contributed by atoms with E-state index in [4.69, 9.17) is 16.0 Å². The normalized spacial score (nSPS) is 11.0. The number of fused-ring (bicyclic) bond motifs is 1. The minimum atomic E-state index is -0.186. The number of carbonyl (C=O) groups is 1. The van der Waals surface area contributed by atoms with Gasteiger partial charge in [0, 0.05) is 14.8 Å². The molecule has 140 valence electrons. The zero-order chi connectivity index (χ0) is 19.8. The molecule has 0 saturated heterocycles. The number of hydrogen-bond donors (Lipinski definition) is 1. The van der Waals surface area contributed by atoms with Crippen molar-refractivity contribution in [1.29, 1.82) is 0 Å². The van der Waals surface area contributed by atoms with Gasteiger partial charge in [0.05, 0.1) is 10.6 Å². The number of oxazole rings is 1. The highest BCUT2D eigenvalue weighted by Crippen LogP contribution is 2.33. The monoisotopic (exact) mass is 502 g/mol. The Bertz CT molecular complexity index is 1200. The molecule has 4 aromatic rings. The number of hydrogen-bond acceptors (Lipinski definition) is 3. The first-order valence-electron chi connectivity index (χ1n) is 8.65. The van der Waals surface area contributed by atoms with E-state index in [2.05, 4.69) is 39.0 Å². The number of carbonyl (C=O) groups excluding carboxylic acids is 1. The van der Waals surface area contributed by atoms with Gasteiger partial charge in [0.1, 0.15) is 5.52 Å². The third-order valence-electron chi connectivity index (χ3n) is 4.38. The summed E-state index contributed by atoms with van der Waals surface area (Å²) in [5.41, 5.74) is 5.52. The minimum Gasteiger partial charge on any atom is -0.436 e. The van der Waals surface area contributed by atoms with Crippen LogP contribution in [0.4, 0.5) is 5.69 Å². The van der Waals surface area contributed by atoms with Gasteiger partial charge in [-0.25, -0.2) is 4.98 Å². The van der Waals surface area contributed by atoms with Gasteiger partial charge in [0.2, 0.25) is 5.89 Å². The van der Waals surface area contributed by atoms with E-state index in [1.165, 1.54) is 0 Å². The molecule has 1 N–H and O–H groups in total. The number of benzene rings is 3. The van der Waals surface area contributed by atoms with Gasteiger partial charge in [-0.05, 0) is 96.1 Å². The van der Waals surface area contributed by atoms with Crippen molar-refractivity contribution >= 4 is 56.9 Å². The Hall–Kier alpha value is -2.38. The number of anilines is 1.